The first kappa shape index (κ1) is 7.01. The molecule has 1 aromatic rings. The van der Waals surface area contributed by atoms with Crippen molar-refractivity contribution in [1.29, 1.82) is 0 Å². The summed E-state index contributed by atoms with van der Waals surface area (Å²) in [7, 11) is 0. The molecule has 0 saturated heterocycles. The third-order valence-corrected chi connectivity index (χ3v) is 1.79. The first-order valence-corrected chi connectivity index (χ1v) is 3.60. The molecule has 9 heavy (non-hydrogen) atoms. The Morgan fingerprint density at radius 1 is 1.56 bits per heavy atom. The van der Waals surface area contributed by atoms with E-state index in [0.29, 0.717) is 11.0 Å². The van der Waals surface area contributed by atoms with Gasteiger partial charge in [0.1, 0.15) is 0 Å². The molecular weight excluding hydrogens is 252 g/mol. The number of nitrogens with two attached hydrogens (primary N) is 1. The van der Waals surface area contributed by atoms with Gasteiger partial charge in [-0.2, -0.15) is 0 Å². The molecule has 0 aliphatic heterocycles. The summed E-state index contributed by atoms with van der Waals surface area (Å²) in [6, 6.07) is 1.66. The van der Waals surface area contributed by atoms with E-state index in [-0.39, 0.29) is 0 Å². The first-order valence-electron chi connectivity index (χ1n) is 2.14. The molecule has 0 bridgehead atoms. The van der Waals surface area contributed by atoms with Crippen LogP contribution in [0.25, 0.3) is 0 Å². The van der Waals surface area contributed by atoms with Gasteiger partial charge in [-0.3, -0.25) is 0 Å². The van der Waals surface area contributed by atoms with Crippen molar-refractivity contribution < 1.29 is 0 Å². The highest BCUT2D eigenvalue weighted by molar-refractivity contribution is 14.1. The Bertz CT molecular complexity index is 227. The van der Waals surface area contributed by atoms with Gasteiger partial charge < -0.3 is 5.73 Å². The number of nitrogens with zero attached hydrogens (tertiary/aromatic N) is 2. The lowest BCUT2D eigenvalue weighted by Gasteiger charge is -1.92. The fraction of sp³-hybridized carbons (Fsp3) is 0. The van der Waals surface area contributed by atoms with Gasteiger partial charge in [-0.25, -0.2) is 0 Å². The Morgan fingerprint density at radius 2 is 2.22 bits per heavy atom. The molecule has 0 unspecified atom stereocenters. The monoisotopic (exact) mass is 255 g/mol. The third kappa shape index (κ3) is 1.65. The molecular formula is C4H3ClIN3. The summed E-state index contributed by atoms with van der Waals surface area (Å²) < 4.78 is 0.826. The van der Waals surface area contributed by atoms with Crippen molar-refractivity contribution >= 4 is 40.0 Å². The van der Waals surface area contributed by atoms with E-state index in [2.05, 4.69) is 10.2 Å². The summed E-state index contributed by atoms with van der Waals surface area (Å²) in [6.45, 7) is 0. The van der Waals surface area contributed by atoms with E-state index in [0.717, 1.165) is 3.57 Å². The summed E-state index contributed by atoms with van der Waals surface area (Å²) in [5, 5.41) is 7.46. The third-order valence-electron chi connectivity index (χ3n) is 0.744. The highest BCUT2D eigenvalue weighted by Crippen LogP contribution is 2.13. The average molecular weight is 255 g/mol. The summed E-state index contributed by atoms with van der Waals surface area (Å²) in [5.74, 6) is 0.417. The molecule has 48 valence electrons. The van der Waals surface area contributed by atoms with Crippen LogP contribution in [0.2, 0.25) is 5.15 Å². The lowest BCUT2D eigenvalue weighted by Crippen LogP contribution is -1.95. The van der Waals surface area contributed by atoms with Gasteiger partial charge in [-0.15, -0.1) is 10.2 Å². The Kier molecular flexibility index (Phi) is 2.07. The summed E-state index contributed by atoms with van der Waals surface area (Å²) in [6.07, 6.45) is 0. The molecule has 0 amide bonds. The number of nitrogen functional groups attached to an aromatic ring is 1. The van der Waals surface area contributed by atoms with E-state index < -0.39 is 0 Å². The topological polar surface area (TPSA) is 51.8 Å². The predicted octanol–water partition coefficient (Wildman–Crippen LogP) is 1.32. The number of hydrogen-bond donors (Lipinski definition) is 1. The summed E-state index contributed by atoms with van der Waals surface area (Å²) in [5.41, 5.74) is 5.35. The molecule has 1 rings (SSSR count). The van der Waals surface area contributed by atoms with Crippen LogP contribution >= 0.6 is 34.2 Å². The second-order valence-electron chi connectivity index (χ2n) is 1.40. The second-order valence-corrected chi connectivity index (χ2v) is 2.95. The van der Waals surface area contributed by atoms with E-state index >= 15 is 0 Å². The molecule has 0 saturated carbocycles. The minimum absolute atomic E-state index is 0.369. The highest BCUT2D eigenvalue weighted by Gasteiger charge is 1.96. The molecule has 0 aromatic carbocycles. The maximum absolute atomic E-state index is 5.48. The quantitative estimate of drug-likeness (QED) is 0.711. The van der Waals surface area contributed by atoms with Crippen molar-refractivity contribution in [2.24, 2.45) is 0 Å². The molecule has 0 aliphatic rings. The number of rotatable bonds is 0. The van der Waals surface area contributed by atoms with E-state index in [1.165, 1.54) is 0 Å². The molecule has 2 N–H and O–H groups in total. The normalized spacial score (nSPS) is 9.56. The van der Waals surface area contributed by atoms with Crippen molar-refractivity contribution in [1.82, 2.24) is 10.2 Å². The number of anilines is 1. The van der Waals surface area contributed by atoms with Crippen LogP contribution in [0.5, 0.6) is 0 Å². The van der Waals surface area contributed by atoms with E-state index in [1.807, 2.05) is 22.6 Å². The number of hydrogen-bond acceptors (Lipinski definition) is 3. The van der Waals surface area contributed by atoms with Crippen LogP contribution < -0.4 is 5.73 Å². The second kappa shape index (κ2) is 2.66. The van der Waals surface area contributed by atoms with Crippen molar-refractivity contribution in [3.63, 3.8) is 0 Å². The lowest BCUT2D eigenvalue weighted by molar-refractivity contribution is 1.03. The Hall–Kier alpha value is -0.100. The van der Waals surface area contributed by atoms with Crippen molar-refractivity contribution in [2.45, 2.75) is 0 Å². The SMILES string of the molecule is Nc1nnc(Cl)cc1I. The molecule has 0 atom stereocenters. The number of aromatic nitrogens is 2. The molecule has 0 fully saturated rings. The fourth-order valence-corrected chi connectivity index (χ4v) is 1.09. The summed E-state index contributed by atoms with van der Waals surface area (Å²) in [4.78, 5) is 0. The largest absolute Gasteiger partial charge is 0.381 e. The fourth-order valence-electron chi connectivity index (χ4n) is 0.357. The van der Waals surface area contributed by atoms with Crippen molar-refractivity contribution in [3.8, 4) is 0 Å². The van der Waals surface area contributed by atoms with Gasteiger partial charge >= 0.3 is 0 Å². The zero-order chi connectivity index (χ0) is 6.85. The van der Waals surface area contributed by atoms with Crippen LogP contribution in [-0.4, -0.2) is 10.2 Å². The zero-order valence-electron chi connectivity index (χ0n) is 4.31. The van der Waals surface area contributed by atoms with E-state index in [1.54, 1.807) is 6.07 Å². The standard InChI is InChI=1S/C4H3ClIN3/c5-3-1-2(6)4(7)9-8-3/h1H,(H2,7,9). The first-order chi connectivity index (χ1) is 4.20. The smallest absolute Gasteiger partial charge is 0.159 e. The van der Waals surface area contributed by atoms with Crippen LogP contribution in [-0.2, 0) is 0 Å². The van der Waals surface area contributed by atoms with E-state index in [4.69, 9.17) is 17.3 Å². The van der Waals surface area contributed by atoms with Crippen LogP contribution in [0.3, 0.4) is 0 Å². The van der Waals surface area contributed by atoms with Crippen LogP contribution in [0.15, 0.2) is 6.07 Å². The van der Waals surface area contributed by atoms with Gasteiger partial charge in [-0.05, 0) is 28.7 Å². The van der Waals surface area contributed by atoms with Gasteiger partial charge in [0.05, 0.1) is 3.57 Å². The van der Waals surface area contributed by atoms with E-state index in [9.17, 15) is 0 Å². The zero-order valence-corrected chi connectivity index (χ0v) is 7.22. The molecule has 0 aliphatic carbocycles. The molecule has 0 radical (unpaired) electrons. The molecule has 3 nitrogen and oxygen atoms in total. The minimum Gasteiger partial charge on any atom is -0.381 e. The molecule has 0 spiro atoms. The number of halogens is 2. The predicted molar refractivity (Wildman–Crippen MR) is 44.2 cm³/mol. The molecule has 1 heterocycles. The summed E-state index contributed by atoms with van der Waals surface area (Å²) >= 11 is 7.52. The lowest BCUT2D eigenvalue weighted by atomic mass is 10.5. The van der Waals surface area contributed by atoms with Gasteiger partial charge in [0.25, 0.3) is 0 Å². The van der Waals surface area contributed by atoms with Crippen LogP contribution in [0.1, 0.15) is 0 Å². The van der Waals surface area contributed by atoms with Gasteiger partial charge in [0.2, 0.25) is 0 Å². The Morgan fingerprint density at radius 3 is 2.67 bits per heavy atom. The van der Waals surface area contributed by atoms with Gasteiger partial charge in [-0.1, -0.05) is 11.6 Å². The maximum Gasteiger partial charge on any atom is 0.159 e. The highest BCUT2D eigenvalue weighted by atomic mass is 127. The molecule has 1 aromatic heterocycles. The maximum atomic E-state index is 5.48. The van der Waals surface area contributed by atoms with Crippen LogP contribution in [0.4, 0.5) is 5.82 Å². The average Bonchev–Trinajstić information content (AvgIpc) is 1.80. The minimum atomic E-state index is 0.369. The Labute approximate surface area is 70.7 Å². The molecule has 5 heteroatoms. The van der Waals surface area contributed by atoms with Crippen molar-refractivity contribution in [2.75, 3.05) is 5.73 Å². The van der Waals surface area contributed by atoms with Gasteiger partial charge in [0.15, 0.2) is 11.0 Å². The van der Waals surface area contributed by atoms with Crippen LogP contribution in [0, 0.1) is 3.57 Å². The van der Waals surface area contributed by atoms with Crippen molar-refractivity contribution in [3.05, 3.63) is 14.8 Å². The Balaban J connectivity index is 3.17. The van der Waals surface area contributed by atoms with Gasteiger partial charge in [0, 0.05) is 0 Å².